The SMILES string of the molecule is CC(C=O)Cc1ccc(C(C)C)cc1.Cc1ccc(C(C)C)c(C=O)c1. The molecule has 2 rings (SSSR count). The lowest BCUT2D eigenvalue weighted by molar-refractivity contribution is -0.110. The van der Waals surface area contributed by atoms with E-state index in [1.54, 1.807) is 0 Å². The molecule has 0 aliphatic heterocycles. The molecule has 0 N–H and O–H groups in total. The molecule has 2 aromatic carbocycles. The van der Waals surface area contributed by atoms with E-state index in [1.165, 1.54) is 11.1 Å². The van der Waals surface area contributed by atoms with Crippen molar-refractivity contribution in [3.05, 3.63) is 70.3 Å². The van der Waals surface area contributed by atoms with Crippen molar-refractivity contribution in [2.75, 3.05) is 0 Å². The summed E-state index contributed by atoms with van der Waals surface area (Å²) in [5.41, 5.74) is 5.70. The van der Waals surface area contributed by atoms with Crippen LogP contribution in [-0.4, -0.2) is 12.6 Å². The number of aldehydes is 2. The Kier molecular flexibility index (Phi) is 8.98. The quantitative estimate of drug-likeness (QED) is 0.587. The van der Waals surface area contributed by atoms with E-state index in [4.69, 9.17) is 0 Å². The van der Waals surface area contributed by atoms with E-state index in [9.17, 15) is 9.59 Å². The predicted molar refractivity (Wildman–Crippen MR) is 110 cm³/mol. The minimum atomic E-state index is 0.125. The first-order valence-corrected chi connectivity index (χ1v) is 9.38. The molecule has 1 unspecified atom stereocenters. The lowest BCUT2D eigenvalue weighted by Gasteiger charge is -2.08. The number of carbonyl (C=O) groups is 2. The van der Waals surface area contributed by atoms with Gasteiger partial charge in [0.05, 0.1) is 0 Å². The molecule has 0 spiro atoms. The van der Waals surface area contributed by atoms with Gasteiger partial charge in [-0.15, -0.1) is 0 Å². The van der Waals surface area contributed by atoms with Gasteiger partial charge in [0.25, 0.3) is 0 Å². The smallest absolute Gasteiger partial charge is 0.150 e. The van der Waals surface area contributed by atoms with Crippen LogP contribution in [0.1, 0.15) is 79.1 Å². The van der Waals surface area contributed by atoms with Crippen molar-refractivity contribution in [3.8, 4) is 0 Å². The van der Waals surface area contributed by atoms with Crippen molar-refractivity contribution in [2.24, 2.45) is 5.92 Å². The molecule has 140 valence electrons. The Morgan fingerprint density at radius 1 is 0.846 bits per heavy atom. The molecule has 2 aromatic rings. The van der Waals surface area contributed by atoms with E-state index < -0.39 is 0 Å². The highest BCUT2D eigenvalue weighted by Crippen LogP contribution is 2.19. The minimum absolute atomic E-state index is 0.125. The molecule has 1 atom stereocenters. The molecule has 26 heavy (non-hydrogen) atoms. The molecule has 0 aliphatic rings. The lowest BCUT2D eigenvalue weighted by atomic mass is 9.96. The molecule has 0 aliphatic carbocycles. The Morgan fingerprint density at radius 2 is 1.46 bits per heavy atom. The van der Waals surface area contributed by atoms with Crippen molar-refractivity contribution in [1.29, 1.82) is 0 Å². The summed E-state index contributed by atoms with van der Waals surface area (Å²) in [6.45, 7) is 12.5. The van der Waals surface area contributed by atoms with E-state index in [0.717, 1.165) is 35.7 Å². The molecule has 0 saturated carbocycles. The second-order valence-electron chi connectivity index (χ2n) is 7.62. The molecule has 0 saturated heterocycles. The summed E-state index contributed by atoms with van der Waals surface area (Å²) in [6.07, 6.45) is 2.79. The maximum Gasteiger partial charge on any atom is 0.150 e. The number of carbonyl (C=O) groups excluding carboxylic acids is 2. The van der Waals surface area contributed by atoms with Crippen LogP contribution in [0.5, 0.6) is 0 Å². The number of hydrogen-bond donors (Lipinski definition) is 0. The third-order valence-electron chi connectivity index (χ3n) is 4.43. The number of hydrogen-bond acceptors (Lipinski definition) is 2. The summed E-state index contributed by atoms with van der Waals surface area (Å²) in [5.74, 6) is 1.12. The average Bonchev–Trinajstić information content (AvgIpc) is 2.62. The fraction of sp³-hybridized carbons (Fsp3) is 0.417. The third-order valence-corrected chi connectivity index (χ3v) is 4.43. The fourth-order valence-electron chi connectivity index (χ4n) is 2.78. The van der Waals surface area contributed by atoms with Crippen LogP contribution in [0.2, 0.25) is 0 Å². The second kappa shape index (κ2) is 10.7. The first-order valence-electron chi connectivity index (χ1n) is 9.38. The molecular weight excluding hydrogens is 320 g/mol. The van der Waals surface area contributed by atoms with Gasteiger partial charge >= 0.3 is 0 Å². The molecule has 2 nitrogen and oxygen atoms in total. The van der Waals surface area contributed by atoms with Gasteiger partial charge < -0.3 is 4.79 Å². The zero-order valence-corrected chi connectivity index (χ0v) is 17.0. The highest BCUT2D eigenvalue weighted by Gasteiger charge is 2.05. The van der Waals surface area contributed by atoms with E-state index >= 15 is 0 Å². The monoisotopic (exact) mass is 352 g/mol. The summed E-state index contributed by atoms with van der Waals surface area (Å²) in [6, 6.07) is 14.5. The maximum atomic E-state index is 10.7. The van der Waals surface area contributed by atoms with Gasteiger partial charge in [-0.05, 0) is 47.9 Å². The minimum Gasteiger partial charge on any atom is -0.303 e. The van der Waals surface area contributed by atoms with Gasteiger partial charge in [0.1, 0.15) is 12.6 Å². The van der Waals surface area contributed by atoms with Crippen molar-refractivity contribution < 1.29 is 9.59 Å². The zero-order valence-electron chi connectivity index (χ0n) is 17.0. The van der Waals surface area contributed by atoms with Gasteiger partial charge in [0.15, 0.2) is 0 Å². The second-order valence-corrected chi connectivity index (χ2v) is 7.62. The Morgan fingerprint density at radius 3 is 1.92 bits per heavy atom. The van der Waals surface area contributed by atoms with Crippen LogP contribution in [0.25, 0.3) is 0 Å². The lowest BCUT2D eigenvalue weighted by Crippen LogP contribution is -2.00. The topological polar surface area (TPSA) is 34.1 Å². The number of aryl methyl sites for hydroxylation is 1. The van der Waals surface area contributed by atoms with E-state index in [0.29, 0.717) is 11.8 Å². The molecular formula is C24H32O2. The van der Waals surface area contributed by atoms with Crippen molar-refractivity contribution in [2.45, 2.75) is 59.8 Å². The normalized spacial score (nSPS) is 11.7. The zero-order chi connectivity index (χ0) is 19.7. The van der Waals surface area contributed by atoms with Gasteiger partial charge in [-0.2, -0.15) is 0 Å². The number of rotatable bonds is 6. The highest BCUT2D eigenvalue weighted by molar-refractivity contribution is 5.78. The van der Waals surface area contributed by atoms with Crippen LogP contribution >= 0.6 is 0 Å². The van der Waals surface area contributed by atoms with Gasteiger partial charge in [-0.1, -0.05) is 76.6 Å². The van der Waals surface area contributed by atoms with Gasteiger partial charge in [-0.3, -0.25) is 4.79 Å². The summed E-state index contributed by atoms with van der Waals surface area (Å²) in [4.78, 5) is 21.2. The number of benzene rings is 2. The first-order chi connectivity index (χ1) is 12.3. The molecule has 0 radical (unpaired) electrons. The van der Waals surface area contributed by atoms with Crippen molar-refractivity contribution in [3.63, 3.8) is 0 Å². The van der Waals surface area contributed by atoms with Crippen molar-refractivity contribution >= 4 is 12.6 Å². The molecule has 0 aromatic heterocycles. The highest BCUT2D eigenvalue weighted by atomic mass is 16.1. The Hall–Kier alpha value is -2.22. The summed E-state index contributed by atoms with van der Waals surface area (Å²) in [7, 11) is 0. The standard InChI is InChI=1S/C13H18O.C11H14O/c1-10(2)13-6-4-12(5-7-13)8-11(3)9-14;1-8(2)11-5-4-9(3)6-10(11)7-12/h4-7,9-11H,8H2,1-3H3;4-8H,1-3H3. The Balaban J connectivity index is 0.000000263. The third kappa shape index (κ3) is 6.95. The van der Waals surface area contributed by atoms with E-state index in [-0.39, 0.29) is 5.92 Å². The molecule has 0 heterocycles. The molecule has 0 amide bonds. The average molecular weight is 353 g/mol. The van der Waals surface area contributed by atoms with Crippen LogP contribution in [0, 0.1) is 12.8 Å². The largest absolute Gasteiger partial charge is 0.303 e. The van der Waals surface area contributed by atoms with E-state index in [1.807, 2.05) is 32.0 Å². The summed E-state index contributed by atoms with van der Waals surface area (Å²) >= 11 is 0. The Labute approximate surface area is 158 Å². The fourth-order valence-corrected chi connectivity index (χ4v) is 2.78. The van der Waals surface area contributed by atoms with E-state index in [2.05, 4.69) is 52.0 Å². The van der Waals surface area contributed by atoms with Gasteiger partial charge in [-0.25, -0.2) is 0 Å². The summed E-state index contributed by atoms with van der Waals surface area (Å²) < 4.78 is 0. The van der Waals surface area contributed by atoms with Crippen LogP contribution < -0.4 is 0 Å². The maximum absolute atomic E-state index is 10.7. The predicted octanol–water partition coefficient (Wildman–Crippen LogP) is 6.12. The molecule has 0 fully saturated rings. The molecule has 0 bridgehead atoms. The van der Waals surface area contributed by atoms with Gasteiger partial charge in [0, 0.05) is 11.5 Å². The van der Waals surface area contributed by atoms with Crippen molar-refractivity contribution in [1.82, 2.24) is 0 Å². The van der Waals surface area contributed by atoms with Crippen LogP contribution in [-0.2, 0) is 11.2 Å². The summed E-state index contributed by atoms with van der Waals surface area (Å²) in [5, 5.41) is 0. The Bertz CT molecular complexity index is 697. The van der Waals surface area contributed by atoms with Crippen LogP contribution in [0.4, 0.5) is 0 Å². The first kappa shape index (κ1) is 21.8. The van der Waals surface area contributed by atoms with Gasteiger partial charge in [0.2, 0.25) is 0 Å². The van der Waals surface area contributed by atoms with Crippen LogP contribution in [0.3, 0.4) is 0 Å². The molecule has 2 heteroatoms. The van der Waals surface area contributed by atoms with Crippen LogP contribution in [0.15, 0.2) is 42.5 Å².